The van der Waals surface area contributed by atoms with Crippen molar-refractivity contribution in [2.45, 2.75) is 191 Å². The third-order valence-electron chi connectivity index (χ3n) is 13.9. The molecule has 4 fully saturated rings. The lowest BCUT2D eigenvalue weighted by atomic mass is 9.48. The number of hydrogen-bond donors (Lipinski definition) is 0. The molecule has 4 bridgehead atoms. The van der Waals surface area contributed by atoms with Gasteiger partial charge in [0.15, 0.2) is 26.2 Å². The Bertz CT molecular complexity index is 1220. The SMILES string of the molecule is CCCCCC[N+](C)(C)CC(=O)OC12CC3(OC(=O)C[N+](C)(C)CCCCCC)CC(OC(=O)C[N+](C)(C)CCCCCC)(C1)CC(OC(=O)C[N+](C)(C)CCCCCC)(C2)C3.[Br-].[Br-].[Br-].[Br-]. The van der Waals surface area contributed by atoms with Gasteiger partial charge in [-0.25, -0.2) is 19.2 Å². The lowest BCUT2D eigenvalue weighted by Crippen LogP contribution is -3.00. The molecule has 0 aromatic rings. The lowest BCUT2D eigenvalue weighted by molar-refractivity contribution is -0.883. The highest BCUT2D eigenvalue weighted by molar-refractivity contribution is 5.74. The van der Waals surface area contributed by atoms with Crippen molar-refractivity contribution >= 4 is 23.9 Å². The predicted octanol–water partition coefficient (Wildman–Crippen LogP) is -3.86. The molecule has 66 heavy (non-hydrogen) atoms. The van der Waals surface area contributed by atoms with E-state index in [9.17, 15) is 19.2 Å². The molecule has 0 saturated heterocycles. The summed E-state index contributed by atoms with van der Waals surface area (Å²) in [6, 6.07) is 0. The summed E-state index contributed by atoms with van der Waals surface area (Å²) in [5.41, 5.74) is -4.63. The number of likely N-dealkylation sites (N-methyl/N-ethyl adjacent to an activating group) is 4. The van der Waals surface area contributed by atoms with E-state index >= 15 is 0 Å². The highest BCUT2D eigenvalue weighted by Crippen LogP contribution is 2.65. The molecule has 0 spiro atoms. The van der Waals surface area contributed by atoms with Crippen LogP contribution in [0.5, 0.6) is 0 Å². The topological polar surface area (TPSA) is 105 Å². The molecule has 392 valence electrons. The highest BCUT2D eigenvalue weighted by atomic mass is 79.9. The average molecular weight is 1200 g/mol. The number of quaternary nitrogens is 4. The van der Waals surface area contributed by atoms with Gasteiger partial charge in [-0.15, -0.1) is 0 Å². The normalized spacial score (nSPS) is 23.3. The summed E-state index contributed by atoms with van der Waals surface area (Å²) >= 11 is 0. The molecule has 16 heteroatoms. The summed E-state index contributed by atoms with van der Waals surface area (Å²) < 4.78 is 28.8. The molecule has 0 heterocycles. The molecule has 0 radical (unpaired) electrons. The number of ether oxygens (including phenoxy) is 4. The van der Waals surface area contributed by atoms with E-state index in [1.54, 1.807) is 0 Å². The van der Waals surface area contributed by atoms with Gasteiger partial charge >= 0.3 is 23.9 Å². The third kappa shape index (κ3) is 23.2. The number of halogens is 4. The first-order valence-corrected chi connectivity index (χ1v) is 25.0. The number of carbonyl (C=O) groups is 4. The molecule has 4 aliphatic rings. The van der Waals surface area contributed by atoms with Crippen LogP contribution in [-0.2, 0) is 38.1 Å². The first-order valence-electron chi connectivity index (χ1n) is 25.0. The molecule has 4 rings (SSSR count). The Kier molecular flexibility index (Phi) is 30.6. The van der Waals surface area contributed by atoms with E-state index in [1.807, 2.05) is 0 Å². The summed E-state index contributed by atoms with van der Waals surface area (Å²) in [6.07, 6.45) is 19.4. The van der Waals surface area contributed by atoms with Crippen molar-refractivity contribution in [1.29, 1.82) is 0 Å². The Labute approximate surface area is 445 Å². The van der Waals surface area contributed by atoms with Gasteiger partial charge in [0, 0.05) is 38.5 Å². The fourth-order valence-corrected chi connectivity index (χ4v) is 11.4. The zero-order valence-corrected chi connectivity index (χ0v) is 50.1. The fraction of sp³-hybridized carbons (Fsp3) is 0.920. The molecule has 0 amide bonds. The van der Waals surface area contributed by atoms with E-state index in [2.05, 4.69) is 84.1 Å². The Morgan fingerprint density at radius 1 is 0.318 bits per heavy atom. The largest absolute Gasteiger partial charge is 1.00 e. The van der Waals surface area contributed by atoms with Crippen LogP contribution in [0.1, 0.15) is 169 Å². The molecule has 0 atom stereocenters. The smallest absolute Gasteiger partial charge is 0.362 e. The maximum Gasteiger partial charge on any atom is 0.362 e. The zero-order valence-electron chi connectivity index (χ0n) is 43.8. The molecule has 0 aromatic carbocycles. The van der Waals surface area contributed by atoms with Crippen LogP contribution in [0.25, 0.3) is 0 Å². The Morgan fingerprint density at radius 3 is 0.636 bits per heavy atom. The first kappa shape index (κ1) is 67.7. The van der Waals surface area contributed by atoms with Crippen molar-refractivity contribution in [3.05, 3.63) is 0 Å². The van der Waals surface area contributed by atoms with Crippen molar-refractivity contribution in [1.82, 2.24) is 0 Å². The fourth-order valence-electron chi connectivity index (χ4n) is 11.4. The number of carbonyl (C=O) groups excluding carboxylic acids is 4. The highest BCUT2D eigenvalue weighted by Gasteiger charge is 2.75. The monoisotopic (exact) mass is 1200 g/mol. The van der Waals surface area contributed by atoms with Crippen LogP contribution in [-0.4, -0.2) is 173 Å². The second-order valence-electron chi connectivity index (χ2n) is 23.2. The molecular weight excluding hydrogens is 1100 g/mol. The maximum absolute atomic E-state index is 14.2. The molecule has 4 saturated carbocycles. The van der Waals surface area contributed by atoms with Gasteiger partial charge in [0.05, 0.1) is 82.6 Å². The molecular formula is C50H96Br4N4O8. The number of rotatable bonds is 32. The van der Waals surface area contributed by atoms with Crippen LogP contribution in [0.2, 0.25) is 0 Å². The van der Waals surface area contributed by atoms with E-state index in [1.165, 1.54) is 0 Å². The van der Waals surface area contributed by atoms with Gasteiger partial charge in [-0.1, -0.05) is 79.1 Å². The Balaban J connectivity index is 0. The van der Waals surface area contributed by atoms with E-state index in [0.29, 0.717) is 17.9 Å². The first-order chi connectivity index (χ1) is 28.9. The number of esters is 4. The summed E-state index contributed by atoms with van der Waals surface area (Å²) in [7, 11) is 16.5. The summed E-state index contributed by atoms with van der Waals surface area (Å²) in [5.74, 6) is -1.35. The van der Waals surface area contributed by atoms with E-state index in [0.717, 1.165) is 129 Å². The minimum absolute atomic E-state index is 0. The van der Waals surface area contributed by atoms with E-state index in [4.69, 9.17) is 18.9 Å². The zero-order chi connectivity index (χ0) is 46.4. The van der Waals surface area contributed by atoms with Gasteiger partial charge < -0.3 is 105 Å². The van der Waals surface area contributed by atoms with Crippen LogP contribution < -0.4 is 67.9 Å². The van der Waals surface area contributed by atoms with Gasteiger partial charge in [0.1, 0.15) is 22.4 Å². The predicted molar refractivity (Wildman–Crippen MR) is 247 cm³/mol. The standard InChI is InChI=1S/C50H96N4O8.4BrH/c1-13-17-21-25-29-51(5,6)33-43(55)59-47-37-48(60-44(56)34-52(7,8)30-26-22-18-14-2)40-49(38-47,61-45(57)35-53(9,10)31-27-23-19-15-3)42-50(39-47,41-48)62-46(58)36-54(11,12)32-28-24-20-16-4;;;;/h13-42H2,1-12H3;4*1H/q+4;;;;/p-4. The summed E-state index contributed by atoms with van der Waals surface area (Å²) in [5, 5.41) is 0. The van der Waals surface area contributed by atoms with Crippen molar-refractivity contribution in [2.24, 2.45) is 0 Å². The van der Waals surface area contributed by atoms with Crippen molar-refractivity contribution in [3.8, 4) is 0 Å². The number of nitrogens with zero attached hydrogens (tertiary/aromatic N) is 4. The maximum atomic E-state index is 14.2. The van der Waals surface area contributed by atoms with Crippen LogP contribution >= 0.6 is 0 Å². The third-order valence-corrected chi connectivity index (χ3v) is 13.9. The minimum atomic E-state index is -1.16. The van der Waals surface area contributed by atoms with Gasteiger partial charge in [-0.3, -0.25) is 0 Å². The molecule has 0 aliphatic heterocycles. The second kappa shape index (κ2) is 29.9. The van der Waals surface area contributed by atoms with Gasteiger partial charge in [-0.2, -0.15) is 0 Å². The number of hydrogen-bond acceptors (Lipinski definition) is 8. The summed E-state index contributed by atoms with van der Waals surface area (Å²) in [6.45, 7) is 12.9. The quantitative estimate of drug-likeness (QED) is 0.0293. The molecule has 0 N–H and O–H groups in total. The molecule has 0 unspecified atom stereocenters. The Hall–Kier alpha value is -0.360. The van der Waals surface area contributed by atoms with Gasteiger partial charge in [0.2, 0.25) is 0 Å². The van der Waals surface area contributed by atoms with Crippen LogP contribution in [0.3, 0.4) is 0 Å². The van der Waals surface area contributed by atoms with E-state index in [-0.39, 0.29) is 157 Å². The van der Waals surface area contributed by atoms with E-state index < -0.39 is 22.4 Å². The molecule has 12 nitrogen and oxygen atoms in total. The molecule has 0 aromatic heterocycles. The summed E-state index contributed by atoms with van der Waals surface area (Å²) in [4.78, 5) is 57.0. The van der Waals surface area contributed by atoms with Crippen molar-refractivity contribution in [2.75, 3.05) is 109 Å². The number of unbranched alkanes of at least 4 members (excludes halogenated alkanes) is 12. The molecule has 4 aliphatic carbocycles. The lowest BCUT2D eigenvalue weighted by Gasteiger charge is -2.66. The van der Waals surface area contributed by atoms with Crippen LogP contribution in [0.15, 0.2) is 0 Å². The van der Waals surface area contributed by atoms with Gasteiger partial charge in [0.25, 0.3) is 0 Å². The Morgan fingerprint density at radius 2 is 0.485 bits per heavy atom. The second-order valence-corrected chi connectivity index (χ2v) is 23.2. The average Bonchev–Trinajstić information content (AvgIpc) is 3.09. The van der Waals surface area contributed by atoms with Crippen LogP contribution in [0, 0.1) is 0 Å². The van der Waals surface area contributed by atoms with Gasteiger partial charge in [-0.05, 0) is 51.4 Å². The minimum Gasteiger partial charge on any atom is -1.00 e. The van der Waals surface area contributed by atoms with Crippen LogP contribution in [0.4, 0.5) is 0 Å². The van der Waals surface area contributed by atoms with Crippen molar-refractivity contribution < 1.29 is 124 Å². The van der Waals surface area contributed by atoms with Crippen molar-refractivity contribution in [3.63, 3.8) is 0 Å².